The van der Waals surface area contributed by atoms with Crippen LogP contribution < -0.4 is 5.32 Å². The van der Waals surface area contributed by atoms with Gasteiger partial charge in [0.1, 0.15) is 5.82 Å². The second kappa shape index (κ2) is 7.91. The first-order valence-electron chi connectivity index (χ1n) is 10.3. The number of sulfonamides is 1. The molecule has 8 heteroatoms. The average Bonchev–Trinajstić information content (AvgIpc) is 3.47. The lowest BCUT2D eigenvalue weighted by molar-refractivity contribution is 0.102. The maximum atomic E-state index is 13.0. The van der Waals surface area contributed by atoms with E-state index in [0.29, 0.717) is 30.4 Å². The van der Waals surface area contributed by atoms with E-state index in [9.17, 15) is 13.2 Å². The zero-order valence-corrected chi connectivity index (χ0v) is 17.8. The molecule has 0 radical (unpaired) electrons. The Hall–Kier alpha value is -2.19. The fourth-order valence-corrected chi connectivity index (χ4v) is 5.50. The standard InChI is InChI=1S/C21H28N4O3S/c1-15-6-9-18(29(27,28)24-12-4-3-5-13-24)14-19(15)21(26)23-20-10-11-22-25(20)16(2)17-7-8-17/h6,9-11,14,16-17H,3-5,7-8,12-13H2,1-2H3,(H,23,26). The molecule has 1 aromatic carbocycles. The topological polar surface area (TPSA) is 84.3 Å². The zero-order chi connectivity index (χ0) is 20.6. The maximum absolute atomic E-state index is 13.0. The van der Waals surface area contributed by atoms with Gasteiger partial charge in [0.2, 0.25) is 10.0 Å². The lowest BCUT2D eigenvalue weighted by atomic mass is 10.1. The predicted octanol–water partition coefficient (Wildman–Crippen LogP) is 3.59. The van der Waals surface area contributed by atoms with Gasteiger partial charge in [-0.15, -0.1) is 0 Å². The lowest BCUT2D eigenvalue weighted by Crippen LogP contribution is -2.35. The molecular weight excluding hydrogens is 388 g/mol. The van der Waals surface area contributed by atoms with Crippen molar-refractivity contribution in [3.63, 3.8) is 0 Å². The highest BCUT2D eigenvalue weighted by Gasteiger charge is 2.31. The molecule has 7 nitrogen and oxygen atoms in total. The van der Waals surface area contributed by atoms with E-state index in [2.05, 4.69) is 17.3 Å². The molecule has 1 amide bonds. The van der Waals surface area contributed by atoms with Gasteiger partial charge in [-0.3, -0.25) is 4.79 Å². The minimum absolute atomic E-state index is 0.176. The van der Waals surface area contributed by atoms with Crippen molar-refractivity contribution in [3.8, 4) is 0 Å². The number of hydrogen-bond donors (Lipinski definition) is 1. The molecule has 4 rings (SSSR count). The molecule has 1 aliphatic heterocycles. The summed E-state index contributed by atoms with van der Waals surface area (Å²) in [4.78, 5) is 13.2. The molecule has 1 atom stereocenters. The van der Waals surface area contributed by atoms with Gasteiger partial charge in [-0.1, -0.05) is 12.5 Å². The number of piperidine rings is 1. The van der Waals surface area contributed by atoms with Crippen molar-refractivity contribution < 1.29 is 13.2 Å². The molecule has 1 aliphatic carbocycles. The zero-order valence-electron chi connectivity index (χ0n) is 17.0. The van der Waals surface area contributed by atoms with Crippen LogP contribution in [0.5, 0.6) is 0 Å². The monoisotopic (exact) mass is 416 g/mol. The minimum Gasteiger partial charge on any atom is -0.307 e. The van der Waals surface area contributed by atoms with Gasteiger partial charge in [-0.2, -0.15) is 9.40 Å². The molecule has 1 unspecified atom stereocenters. The summed E-state index contributed by atoms with van der Waals surface area (Å²) in [6.07, 6.45) is 6.86. The molecule has 1 aromatic heterocycles. The molecular formula is C21H28N4O3S. The van der Waals surface area contributed by atoms with Gasteiger partial charge in [0, 0.05) is 24.7 Å². The summed E-state index contributed by atoms with van der Waals surface area (Å²) in [5, 5.41) is 7.29. The Morgan fingerprint density at radius 1 is 1.17 bits per heavy atom. The molecule has 2 aromatic rings. The van der Waals surface area contributed by atoms with Crippen LogP contribution in [0.2, 0.25) is 0 Å². The summed E-state index contributed by atoms with van der Waals surface area (Å²) >= 11 is 0. The van der Waals surface area contributed by atoms with Gasteiger partial charge in [-0.25, -0.2) is 13.1 Å². The minimum atomic E-state index is -3.59. The van der Waals surface area contributed by atoms with E-state index in [1.165, 1.54) is 23.2 Å². The van der Waals surface area contributed by atoms with Crippen molar-refractivity contribution in [2.75, 3.05) is 18.4 Å². The fraction of sp³-hybridized carbons (Fsp3) is 0.524. The van der Waals surface area contributed by atoms with Crippen LogP contribution in [0.1, 0.15) is 61.0 Å². The third-order valence-corrected chi connectivity index (χ3v) is 7.90. The van der Waals surface area contributed by atoms with Crippen molar-refractivity contribution in [3.05, 3.63) is 41.6 Å². The quantitative estimate of drug-likeness (QED) is 0.780. The van der Waals surface area contributed by atoms with Crippen LogP contribution in [-0.2, 0) is 10.0 Å². The second-order valence-corrected chi connectivity index (χ2v) is 10.1. The number of anilines is 1. The van der Waals surface area contributed by atoms with E-state index < -0.39 is 10.0 Å². The number of nitrogens with zero attached hydrogens (tertiary/aromatic N) is 3. The number of carbonyl (C=O) groups is 1. The van der Waals surface area contributed by atoms with E-state index in [1.807, 2.05) is 11.6 Å². The number of hydrogen-bond acceptors (Lipinski definition) is 4. The second-order valence-electron chi connectivity index (χ2n) is 8.13. The van der Waals surface area contributed by atoms with Crippen molar-refractivity contribution >= 4 is 21.7 Å². The molecule has 29 heavy (non-hydrogen) atoms. The molecule has 2 fully saturated rings. The Morgan fingerprint density at radius 2 is 1.90 bits per heavy atom. The van der Waals surface area contributed by atoms with Crippen molar-refractivity contribution in [1.82, 2.24) is 14.1 Å². The smallest absolute Gasteiger partial charge is 0.257 e. The summed E-state index contributed by atoms with van der Waals surface area (Å²) in [5.41, 5.74) is 1.11. The van der Waals surface area contributed by atoms with E-state index in [4.69, 9.17) is 0 Å². The van der Waals surface area contributed by atoms with Crippen LogP contribution in [0.15, 0.2) is 35.4 Å². The number of rotatable bonds is 6. The first-order chi connectivity index (χ1) is 13.9. The molecule has 0 bridgehead atoms. The molecule has 1 saturated carbocycles. The number of benzene rings is 1. The highest BCUT2D eigenvalue weighted by Crippen LogP contribution is 2.40. The summed E-state index contributed by atoms with van der Waals surface area (Å²) < 4.78 is 29.4. The molecule has 0 spiro atoms. The van der Waals surface area contributed by atoms with Gasteiger partial charge in [0.05, 0.1) is 17.1 Å². The highest BCUT2D eigenvalue weighted by molar-refractivity contribution is 7.89. The Balaban J connectivity index is 1.58. The largest absolute Gasteiger partial charge is 0.307 e. The third kappa shape index (κ3) is 4.09. The van der Waals surface area contributed by atoms with E-state index >= 15 is 0 Å². The van der Waals surface area contributed by atoms with Crippen LogP contribution in [0.3, 0.4) is 0 Å². The average molecular weight is 417 g/mol. The Bertz CT molecular complexity index is 1000. The lowest BCUT2D eigenvalue weighted by Gasteiger charge is -2.26. The Labute approximate surface area is 172 Å². The van der Waals surface area contributed by atoms with E-state index in [1.54, 1.807) is 24.4 Å². The van der Waals surface area contributed by atoms with Crippen LogP contribution in [0.4, 0.5) is 5.82 Å². The number of nitrogens with one attached hydrogen (secondary N) is 1. The van der Waals surface area contributed by atoms with Crippen LogP contribution in [0.25, 0.3) is 0 Å². The number of carbonyl (C=O) groups excluding carboxylic acids is 1. The van der Waals surface area contributed by atoms with Gasteiger partial charge in [0.15, 0.2) is 0 Å². The molecule has 2 aliphatic rings. The first kappa shape index (κ1) is 20.1. The van der Waals surface area contributed by atoms with Crippen LogP contribution in [0, 0.1) is 12.8 Å². The molecule has 1 N–H and O–H groups in total. The Kier molecular flexibility index (Phi) is 5.48. The van der Waals surface area contributed by atoms with E-state index in [0.717, 1.165) is 24.8 Å². The Morgan fingerprint density at radius 3 is 2.59 bits per heavy atom. The molecule has 1 saturated heterocycles. The van der Waals surface area contributed by atoms with Gasteiger partial charge < -0.3 is 5.32 Å². The van der Waals surface area contributed by atoms with Crippen LogP contribution in [-0.4, -0.2) is 41.5 Å². The molecule has 156 valence electrons. The van der Waals surface area contributed by atoms with Crippen molar-refractivity contribution in [1.29, 1.82) is 0 Å². The maximum Gasteiger partial charge on any atom is 0.257 e. The normalized spacial score (nSPS) is 19.1. The summed E-state index contributed by atoms with van der Waals surface area (Å²) in [6, 6.07) is 6.80. The number of amides is 1. The SMILES string of the molecule is Cc1ccc(S(=O)(=O)N2CCCCC2)cc1C(=O)Nc1ccnn1C(C)C1CC1. The highest BCUT2D eigenvalue weighted by atomic mass is 32.2. The first-order valence-corrected chi connectivity index (χ1v) is 11.8. The van der Waals surface area contributed by atoms with Crippen molar-refractivity contribution in [2.24, 2.45) is 5.92 Å². The summed E-state index contributed by atoms with van der Waals surface area (Å²) in [6.45, 7) is 5.00. The van der Waals surface area contributed by atoms with Gasteiger partial charge in [-0.05, 0) is 63.1 Å². The number of aromatic nitrogens is 2. The third-order valence-electron chi connectivity index (χ3n) is 6.01. The molecule has 2 heterocycles. The summed E-state index contributed by atoms with van der Waals surface area (Å²) in [5.74, 6) is 0.923. The predicted molar refractivity (Wildman–Crippen MR) is 111 cm³/mol. The van der Waals surface area contributed by atoms with Crippen molar-refractivity contribution in [2.45, 2.75) is 56.9 Å². The van der Waals surface area contributed by atoms with Gasteiger partial charge in [0.25, 0.3) is 5.91 Å². The van der Waals surface area contributed by atoms with Crippen LogP contribution >= 0.6 is 0 Å². The summed E-state index contributed by atoms with van der Waals surface area (Å²) in [7, 11) is -3.59. The number of aryl methyl sites for hydroxylation is 1. The van der Waals surface area contributed by atoms with E-state index in [-0.39, 0.29) is 16.8 Å². The fourth-order valence-electron chi connectivity index (χ4n) is 3.96. The van der Waals surface area contributed by atoms with Gasteiger partial charge >= 0.3 is 0 Å².